The third-order valence-corrected chi connectivity index (χ3v) is 5.47. The predicted octanol–water partition coefficient (Wildman–Crippen LogP) is 6.25. The second-order valence-corrected chi connectivity index (χ2v) is 9.68. The largest absolute Gasteiger partial charge is 0.388 e. The van der Waals surface area contributed by atoms with Crippen LogP contribution in [0, 0.1) is 0 Å². The number of aromatic nitrogens is 3. The topological polar surface area (TPSA) is 62.5 Å². The average molecular weight is 458 g/mol. The van der Waals surface area contributed by atoms with E-state index in [0.717, 1.165) is 35.1 Å². The molecule has 166 valence electrons. The van der Waals surface area contributed by atoms with E-state index >= 15 is 0 Å². The van der Waals surface area contributed by atoms with Gasteiger partial charge in [0.05, 0.1) is 11.6 Å². The minimum atomic E-state index is -9.86. The Morgan fingerprint density at radius 2 is 1.60 bits per heavy atom. The molecule has 0 spiro atoms. The first-order valence-electron chi connectivity index (χ1n) is 8.40. The van der Waals surface area contributed by atoms with E-state index in [2.05, 4.69) is 15.4 Å². The van der Waals surface area contributed by atoms with Gasteiger partial charge in [-0.25, -0.2) is 13.8 Å². The molecule has 0 saturated heterocycles. The molecule has 2 heterocycles. The standard InChI is InChI=1S/C17H17F7N4OS/c1-17(2,29)15(10-3-5-12(6-4-10)30(20,21,22,23)24)27-14-8-11(16(18)19)7-13-25-9-26-28(13)14/h3-9,15-16,27,29H,1-2H3/t15-/m0/s1. The maximum absolute atomic E-state index is 13.2. The van der Waals surface area contributed by atoms with Crippen molar-refractivity contribution in [2.75, 3.05) is 5.32 Å². The number of aliphatic hydroxyl groups is 1. The van der Waals surface area contributed by atoms with Gasteiger partial charge in [0.1, 0.15) is 17.0 Å². The summed E-state index contributed by atoms with van der Waals surface area (Å²) < 4.78 is 92.4. The summed E-state index contributed by atoms with van der Waals surface area (Å²) in [6.45, 7) is 2.64. The van der Waals surface area contributed by atoms with Crippen molar-refractivity contribution < 1.29 is 33.3 Å². The van der Waals surface area contributed by atoms with Crippen LogP contribution >= 0.6 is 10.2 Å². The number of anilines is 1. The van der Waals surface area contributed by atoms with E-state index in [1.54, 1.807) is 0 Å². The van der Waals surface area contributed by atoms with Gasteiger partial charge in [-0.1, -0.05) is 31.6 Å². The molecule has 0 unspecified atom stereocenters. The fourth-order valence-electron chi connectivity index (χ4n) is 2.91. The Morgan fingerprint density at radius 1 is 1.00 bits per heavy atom. The number of nitrogens with zero attached hydrogens (tertiary/aromatic N) is 3. The number of benzene rings is 1. The average Bonchev–Trinajstić information content (AvgIpc) is 3.05. The molecule has 2 N–H and O–H groups in total. The molecule has 0 aliphatic rings. The summed E-state index contributed by atoms with van der Waals surface area (Å²) in [5.74, 6) is -0.0239. The highest BCUT2D eigenvalue weighted by atomic mass is 32.5. The Kier molecular flexibility index (Phi) is 4.60. The van der Waals surface area contributed by atoms with Crippen molar-refractivity contribution in [3.63, 3.8) is 0 Å². The van der Waals surface area contributed by atoms with Gasteiger partial charge in [-0.2, -0.15) is 9.61 Å². The van der Waals surface area contributed by atoms with E-state index in [1.807, 2.05) is 0 Å². The summed E-state index contributed by atoms with van der Waals surface area (Å²) >= 11 is 0. The van der Waals surface area contributed by atoms with Crippen LogP contribution in [0.3, 0.4) is 0 Å². The van der Waals surface area contributed by atoms with Gasteiger partial charge < -0.3 is 10.4 Å². The number of nitrogens with one attached hydrogen (secondary N) is 1. The SMILES string of the molecule is CC(C)(O)[C@@H](Nc1cc(C(F)F)cc2ncnn12)c1ccc(S(F)(F)(F)(F)F)cc1. The van der Waals surface area contributed by atoms with Crippen LogP contribution in [0.2, 0.25) is 0 Å². The maximum Gasteiger partial charge on any atom is 0.310 e. The van der Waals surface area contributed by atoms with Crippen molar-refractivity contribution >= 4 is 21.7 Å². The smallest absolute Gasteiger partial charge is 0.310 e. The van der Waals surface area contributed by atoms with Crippen molar-refractivity contribution in [1.29, 1.82) is 0 Å². The van der Waals surface area contributed by atoms with E-state index in [1.165, 1.54) is 13.8 Å². The van der Waals surface area contributed by atoms with Crippen LogP contribution in [0.25, 0.3) is 5.65 Å². The minimum absolute atomic E-state index is 0.0174. The van der Waals surface area contributed by atoms with E-state index in [9.17, 15) is 33.3 Å². The molecule has 2 aromatic heterocycles. The van der Waals surface area contributed by atoms with E-state index in [-0.39, 0.29) is 29.2 Å². The number of halogens is 7. The predicted molar refractivity (Wildman–Crippen MR) is 98.4 cm³/mol. The lowest BCUT2D eigenvalue weighted by atomic mass is 9.92. The fraction of sp³-hybridized carbons (Fsp3) is 0.294. The van der Waals surface area contributed by atoms with Gasteiger partial charge in [0.15, 0.2) is 5.65 Å². The van der Waals surface area contributed by atoms with Gasteiger partial charge in [-0.3, -0.25) is 0 Å². The van der Waals surface area contributed by atoms with E-state index in [0.29, 0.717) is 0 Å². The molecule has 5 nitrogen and oxygen atoms in total. The van der Waals surface area contributed by atoms with Crippen molar-refractivity contribution in [2.24, 2.45) is 0 Å². The summed E-state index contributed by atoms with van der Waals surface area (Å²) in [4.78, 5) is 1.75. The first-order chi connectivity index (χ1) is 13.5. The monoisotopic (exact) mass is 458 g/mol. The molecule has 0 aliphatic heterocycles. The highest BCUT2D eigenvalue weighted by molar-refractivity contribution is 8.45. The molecule has 0 fully saturated rings. The highest BCUT2D eigenvalue weighted by Crippen LogP contribution is 3.02. The third-order valence-electron chi connectivity index (χ3n) is 4.31. The Bertz CT molecular complexity index is 1080. The number of hydrogen-bond acceptors (Lipinski definition) is 4. The van der Waals surface area contributed by atoms with Crippen LogP contribution in [0.15, 0.2) is 47.6 Å². The van der Waals surface area contributed by atoms with Gasteiger partial charge in [-0.05, 0) is 43.7 Å². The minimum Gasteiger partial charge on any atom is -0.388 e. The van der Waals surface area contributed by atoms with Crippen LogP contribution < -0.4 is 5.32 Å². The van der Waals surface area contributed by atoms with Crippen molar-refractivity contribution in [1.82, 2.24) is 14.6 Å². The van der Waals surface area contributed by atoms with Gasteiger partial charge in [0.25, 0.3) is 6.43 Å². The molecule has 3 rings (SSSR count). The maximum atomic E-state index is 13.2. The second kappa shape index (κ2) is 6.23. The number of rotatable bonds is 6. The lowest BCUT2D eigenvalue weighted by Gasteiger charge is -2.40. The molecule has 0 bridgehead atoms. The summed E-state index contributed by atoms with van der Waals surface area (Å²) in [6, 6.07) is 3.01. The Balaban J connectivity index is 2.06. The molecular formula is C17H17F7N4OS. The number of pyridine rings is 1. The Morgan fingerprint density at radius 3 is 2.10 bits per heavy atom. The van der Waals surface area contributed by atoms with Crippen LogP contribution in [0.1, 0.15) is 37.4 Å². The van der Waals surface area contributed by atoms with Gasteiger partial charge in [0.2, 0.25) is 0 Å². The summed E-state index contributed by atoms with van der Waals surface area (Å²) in [5, 5.41) is 17.1. The molecule has 13 heteroatoms. The van der Waals surface area contributed by atoms with Crippen molar-refractivity contribution in [3.05, 3.63) is 53.9 Å². The van der Waals surface area contributed by atoms with Crippen LogP contribution in [-0.2, 0) is 0 Å². The van der Waals surface area contributed by atoms with Crippen LogP contribution in [0.5, 0.6) is 0 Å². The molecule has 0 radical (unpaired) electrons. The van der Waals surface area contributed by atoms with Crippen LogP contribution in [-0.4, -0.2) is 25.3 Å². The zero-order valence-corrected chi connectivity index (χ0v) is 16.4. The second-order valence-electron chi connectivity index (χ2n) is 7.27. The molecule has 0 amide bonds. The zero-order valence-electron chi connectivity index (χ0n) is 15.5. The first-order valence-corrected chi connectivity index (χ1v) is 10.4. The van der Waals surface area contributed by atoms with Crippen molar-refractivity contribution in [3.8, 4) is 0 Å². The fourth-order valence-corrected chi connectivity index (χ4v) is 3.56. The number of fused-ring (bicyclic) bond motifs is 1. The Hall–Kier alpha value is -2.54. The first kappa shape index (κ1) is 22.2. The van der Waals surface area contributed by atoms with E-state index < -0.39 is 38.8 Å². The molecule has 3 aromatic rings. The zero-order chi connectivity index (χ0) is 22.6. The molecular weight excluding hydrogens is 441 g/mol. The third kappa shape index (κ3) is 4.61. The molecule has 0 aliphatic carbocycles. The summed E-state index contributed by atoms with van der Waals surface area (Å²) in [5.41, 5.74) is -1.95. The quantitative estimate of drug-likeness (QED) is 0.429. The van der Waals surface area contributed by atoms with Gasteiger partial charge >= 0.3 is 10.2 Å². The summed E-state index contributed by atoms with van der Waals surface area (Å²) in [6.07, 6.45) is -1.73. The normalized spacial score (nSPS) is 16.4. The Labute approximate surface area is 166 Å². The van der Waals surface area contributed by atoms with Crippen molar-refractivity contribution in [2.45, 2.75) is 36.8 Å². The lowest BCUT2D eigenvalue weighted by molar-refractivity contribution is 0.0587. The number of hydrogen-bond donors (Lipinski definition) is 2. The molecule has 1 atom stereocenters. The molecule has 1 aromatic carbocycles. The van der Waals surface area contributed by atoms with Gasteiger partial charge in [-0.15, -0.1) is 0 Å². The summed E-state index contributed by atoms with van der Waals surface area (Å²) in [7, 11) is -9.86. The van der Waals surface area contributed by atoms with E-state index in [4.69, 9.17) is 0 Å². The van der Waals surface area contributed by atoms with Crippen LogP contribution in [0.4, 0.5) is 34.0 Å². The molecule has 30 heavy (non-hydrogen) atoms. The number of alkyl halides is 2. The van der Waals surface area contributed by atoms with Gasteiger partial charge in [0, 0.05) is 5.56 Å². The lowest BCUT2D eigenvalue weighted by Crippen LogP contribution is -2.35. The highest BCUT2D eigenvalue weighted by Gasteiger charge is 2.65. The molecule has 0 saturated carbocycles.